The summed E-state index contributed by atoms with van der Waals surface area (Å²) >= 11 is 3.30. The molecule has 0 aliphatic heterocycles. The molecule has 0 saturated carbocycles. The van der Waals surface area contributed by atoms with Gasteiger partial charge in [0, 0.05) is 25.9 Å². The summed E-state index contributed by atoms with van der Waals surface area (Å²) in [6.07, 6.45) is 2.50. The van der Waals surface area contributed by atoms with E-state index in [1.165, 1.54) is 0 Å². The maximum Gasteiger partial charge on any atom is 0.272 e. The van der Waals surface area contributed by atoms with Crippen molar-refractivity contribution in [2.24, 2.45) is 0 Å². The van der Waals surface area contributed by atoms with E-state index in [4.69, 9.17) is 4.74 Å². The lowest BCUT2D eigenvalue weighted by Gasteiger charge is -2.15. The highest BCUT2D eigenvalue weighted by molar-refractivity contribution is 9.10. The molecule has 0 saturated heterocycles. The van der Waals surface area contributed by atoms with Crippen LogP contribution in [0.25, 0.3) is 0 Å². The minimum Gasteiger partial charge on any atom is -0.495 e. The zero-order chi connectivity index (χ0) is 12.1. The van der Waals surface area contributed by atoms with Gasteiger partial charge >= 0.3 is 0 Å². The Balaban J connectivity index is 2.92. The second kappa shape index (κ2) is 5.84. The van der Waals surface area contributed by atoms with Gasteiger partial charge in [0.15, 0.2) is 0 Å². The van der Waals surface area contributed by atoms with Gasteiger partial charge in [0.2, 0.25) is 0 Å². The van der Waals surface area contributed by atoms with E-state index in [9.17, 15) is 4.79 Å². The molecule has 16 heavy (non-hydrogen) atoms. The van der Waals surface area contributed by atoms with Crippen LogP contribution in [-0.2, 0) is 0 Å². The number of amides is 1. The molecule has 0 atom stereocenters. The number of ether oxygens (including phenoxy) is 1. The number of pyridine rings is 1. The van der Waals surface area contributed by atoms with Crippen LogP contribution in [-0.4, -0.2) is 36.5 Å². The van der Waals surface area contributed by atoms with Gasteiger partial charge in [-0.15, -0.1) is 0 Å². The van der Waals surface area contributed by atoms with Crippen molar-refractivity contribution in [1.29, 1.82) is 0 Å². The Labute approximate surface area is 104 Å². The molecule has 0 bridgehead atoms. The molecule has 5 heteroatoms. The molecule has 0 spiro atoms. The minimum atomic E-state index is -0.0901. The summed E-state index contributed by atoms with van der Waals surface area (Å²) in [6.45, 7) is 2.75. The van der Waals surface area contributed by atoms with Gasteiger partial charge in [-0.2, -0.15) is 0 Å². The van der Waals surface area contributed by atoms with Crippen LogP contribution < -0.4 is 4.74 Å². The van der Waals surface area contributed by atoms with E-state index >= 15 is 0 Å². The summed E-state index contributed by atoms with van der Waals surface area (Å²) in [4.78, 5) is 17.6. The average Bonchev–Trinajstić information content (AvgIpc) is 2.29. The van der Waals surface area contributed by atoms with E-state index in [1.54, 1.807) is 31.3 Å². The summed E-state index contributed by atoms with van der Waals surface area (Å²) in [6, 6.07) is 1.64. The Morgan fingerprint density at radius 3 is 2.88 bits per heavy atom. The minimum absolute atomic E-state index is 0.0901. The molecular formula is C11H15BrN2O2. The lowest BCUT2D eigenvalue weighted by Crippen LogP contribution is -2.28. The van der Waals surface area contributed by atoms with Crippen LogP contribution in [0.15, 0.2) is 16.7 Å². The first-order valence-electron chi connectivity index (χ1n) is 5.05. The molecule has 1 heterocycles. The van der Waals surface area contributed by atoms with E-state index in [0.717, 1.165) is 17.4 Å². The number of nitrogens with zero attached hydrogens (tertiary/aromatic N) is 2. The van der Waals surface area contributed by atoms with E-state index in [1.807, 2.05) is 6.92 Å². The van der Waals surface area contributed by atoms with Crippen molar-refractivity contribution < 1.29 is 9.53 Å². The van der Waals surface area contributed by atoms with Crippen LogP contribution in [0.3, 0.4) is 0 Å². The molecular weight excluding hydrogens is 272 g/mol. The predicted octanol–water partition coefficient (Wildman–Crippen LogP) is 2.33. The molecule has 0 unspecified atom stereocenters. The van der Waals surface area contributed by atoms with Crippen LogP contribution in [0.5, 0.6) is 5.75 Å². The summed E-state index contributed by atoms with van der Waals surface area (Å²) in [5, 5.41) is 0. The van der Waals surface area contributed by atoms with Crippen molar-refractivity contribution in [3.63, 3.8) is 0 Å². The highest BCUT2D eigenvalue weighted by atomic mass is 79.9. The maximum atomic E-state index is 11.9. The molecule has 0 aromatic carbocycles. The molecule has 0 aliphatic rings. The number of carbonyl (C=O) groups excluding carboxylic acids is 1. The van der Waals surface area contributed by atoms with Gasteiger partial charge in [0.1, 0.15) is 11.4 Å². The van der Waals surface area contributed by atoms with Gasteiger partial charge in [-0.3, -0.25) is 4.79 Å². The lowest BCUT2D eigenvalue weighted by molar-refractivity contribution is 0.0789. The van der Waals surface area contributed by atoms with Gasteiger partial charge in [0.05, 0.1) is 11.6 Å². The van der Waals surface area contributed by atoms with Crippen molar-refractivity contribution in [1.82, 2.24) is 9.88 Å². The van der Waals surface area contributed by atoms with Crippen LogP contribution in [0, 0.1) is 0 Å². The molecule has 0 N–H and O–H groups in total. The highest BCUT2D eigenvalue weighted by Gasteiger charge is 2.14. The third kappa shape index (κ3) is 2.95. The van der Waals surface area contributed by atoms with Gasteiger partial charge < -0.3 is 9.64 Å². The van der Waals surface area contributed by atoms with E-state index in [0.29, 0.717) is 11.4 Å². The van der Waals surface area contributed by atoms with Crippen LogP contribution in [0.1, 0.15) is 23.8 Å². The number of hydrogen-bond acceptors (Lipinski definition) is 3. The molecule has 1 aromatic rings. The van der Waals surface area contributed by atoms with Crippen LogP contribution >= 0.6 is 15.9 Å². The van der Waals surface area contributed by atoms with Crippen molar-refractivity contribution in [2.75, 3.05) is 20.7 Å². The zero-order valence-corrected chi connectivity index (χ0v) is 11.2. The molecule has 0 aliphatic carbocycles. The van der Waals surface area contributed by atoms with Crippen molar-refractivity contribution in [3.8, 4) is 5.75 Å². The summed E-state index contributed by atoms with van der Waals surface area (Å²) in [7, 11) is 3.33. The Kier molecular flexibility index (Phi) is 4.73. The van der Waals surface area contributed by atoms with Crippen LogP contribution in [0.4, 0.5) is 0 Å². The van der Waals surface area contributed by atoms with Gasteiger partial charge in [-0.1, -0.05) is 6.92 Å². The van der Waals surface area contributed by atoms with Crippen molar-refractivity contribution in [2.45, 2.75) is 13.3 Å². The van der Waals surface area contributed by atoms with Gasteiger partial charge in [-0.05, 0) is 22.4 Å². The summed E-state index contributed by atoms with van der Waals surface area (Å²) in [5.74, 6) is 0.524. The fourth-order valence-electron chi connectivity index (χ4n) is 1.33. The fourth-order valence-corrected chi connectivity index (χ4v) is 1.70. The largest absolute Gasteiger partial charge is 0.495 e. The van der Waals surface area contributed by atoms with Crippen molar-refractivity contribution >= 4 is 21.8 Å². The monoisotopic (exact) mass is 286 g/mol. The Hall–Kier alpha value is -1.10. The van der Waals surface area contributed by atoms with E-state index < -0.39 is 0 Å². The number of halogens is 1. The summed E-state index contributed by atoms with van der Waals surface area (Å²) < 4.78 is 5.86. The number of rotatable bonds is 4. The third-order valence-corrected chi connectivity index (χ3v) is 2.76. The average molecular weight is 287 g/mol. The lowest BCUT2D eigenvalue weighted by atomic mass is 10.3. The topological polar surface area (TPSA) is 42.4 Å². The van der Waals surface area contributed by atoms with Gasteiger partial charge in [0.25, 0.3) is 5.91 Å². The van der Waals surface area contributed by atoms with E-state index in [-0.39, 0.29) is 5.91 Å². The fraction of sp³-hybridized carbons (Fsp3) is 0.455. The van der Waals surface area contributed by atoms with Gasteiger partial charge in [-0.25, -0.2) is 4.98 Å². The summed E-state index contributed by atoms with van der Waals surface area (Å²) in [5.41, 5.74) is 0.399. The Morgan fingerprint density at radius 1 is 1.62 bits per heavy atom. The molecule has 4 nitrogen and oxygen atoms in total. The first kappa shape index (κ1) is 13.0. The second-order valence-corrected chi connectivity index (χ2v) is 4.29. The highest BCUT2D eigenvalue weighted by Crippen LogP contribution is 2.24. The number of aromatic nitrogens is 1. The smallest absolute Gasteiger partial charge is 0.272 e. The first-order chi connectivity index (χ1) is 7.60. The zero-order valence-electron chi connectivity index (χ0n) is 9.66. The number of carbonyl (C=O) groups is 1. The SMILES string of the molecule is CCCN(C)C(=O)c1cc(OC)c(Br)cn1. The number of hydrogen-bond donors (Lipinski definition) is 0. The first-order valence-corrected chi connectivity index (χ1v) is 5.84. The predicted molar refractivity (Wildman–Crippen MR) is 65.7 cm³/mol. The molecule has 0 fully saturated rings. The third-order valence-electron chi connectivity index (χ3n) is 2.16. The quantitative estimate of drug-likeness (QED) is 0.853. The van der Waals surface area contributed by atoms with Crippen molar-refractivity contribution in [3.05, 3.63) is 22.4 Å². The molecule has 88 valence electrons. The number of methoxy groups -OCH3 is 1. The molecule has 1 amide bonds. The second-order valence-electron chi connectivity index (χ2n) is 3.43. The molecule has 1 rings (SSSR count). The normalized spacial score (nSPS) is 10.0. The Morgan fingerprint density at radius 2 is 2.31 bits per heavy atom. The molecule has 0 radical (unpaired) electrons. The Bertz CT molecular complexity index is 382. The standard InChI is InChI=1S/C11H15BrN2O2/c1-4-5-14(2)11(15)9-6-10(16-3)8(12)7-13-9/h6-7H,4-5H2,1-3H3. The molecule has 1 aromatic heterocycles. The van der Waals surface area contributed by atoms with Crippen LogP contribution in [0.2, 0.25) is 0 Å². The van der Waals surface area contributed by atoms with E-state index in [2.05, 4.69) is 20.9 Å². The maximum absolute atomic E-state index is 11.9.